The smallest absolute Gasteiger partial charge is 0.146 e. The molecule has 1 aliphatic heterocycles. The van der Waals surface area contributed by atoms with Crippen molar-refractivity contribution in [3.05, 3.63) is 16.3 Å². The summed E-state index contributed by atoms with van der Waals surface area (Å²) in [5, 5.41) is 10.9. The van der Waals surface area contributed by atoms with Crippen molar-refractivity contribution in [2.45, 2.75) is 52.2 Å². The van der Waals surface area contributed by atoms with E-state index in [-0.39, 0.29) is 6.10 Å². The van der Waals surface area contributed by atoms with Gasteiger partial charge in [-0.1, -0.05) is 6.92 Å². The van der Waals surface area contributed by atoms with Crippen LogP contribution >= 0.6 is 11.3 Å². The number of likely N-dealkylation sites (tertiary alicyclic amines) is 1. The summed E-state index contributed by atoms with van der Waals surface area (Å²) >= 11 is 1.81. The lowest BCUT2D eigenvalue weighted by molar-refractivity contribution is 0.127. The van der Waals surface area contributed by atoms with E-state index in [2.05, 4.69) is 16.8 Å². The van der Waals surface area contributed by atoms with E-state index >= 15 is 0 Å². The fourth-order valence-corrected chi connectivity index (χ4v) is 5.50. The van der Waals surface area contributed by atoms with E-state index in [9.17, 15) is 5.11 Å². The van der Waals surface area contributed by atoms with Crippen LogP contribution in [0.25, 0.3) is 10.2 Å². The number of hydrogen-bond acceptors (Lipinski definition) is 6. The van der Waals surface area contributed by atoms with Crippen LogP contribution in [0.15, 0.2) is 0 Å². The van der Waals surface area contributed by atoms with Gasteiger partial charge in [-0.3, -0.25) is 4.90 Å². The van der Waals surface area contributed by atoms with Crippen molar-refractivity contribution in [3.63, 3.8) is 0 Å². The van der Waals surface area contributed by atoms with Crippen molar-refractivity contribution in [1.82, 2.24) is 14.9 Å². The van der Waals surface area contributed by atoms with Crippen molar-refractivity contribution in [2.24, 2.45) is 11.8 Å². The van der Waals surface area contributed by atoms with E-state index in [1.165, 1.54) is 16.9 Å². The number of aliphatic hydroxyl groups is 1. The van der Waals surface area contributed by atoms with Gasteiger partial charge in [0.05, 0.1) is 18.0 Å². The summed E-state index contributed by atoms with van der Waals surface area (Å²) in [6.07, 6.45) is 4.28. The molecule has 2 aliphatic rings. The molecular weight excluding hydrogens is 320 g/mol. The lowest BCUT2D eigenvalue weighted by Crippen LogP contribution is -2.25. The number of thiophene rings is 1. The Hall–Kier alpha value is -1.24. The fourth-order valence-electron chi connectivity index (χ4n) is 4.09. The predicted octanol–water partition coefficient (Wildman–Crippen LogP) is 2.60. The normalized spacial score (nSPS) is 26.0. The molecule has 3 atom stereocenters. The average molecular weight is 347 g/mol. The Labute approximate surface area is 146 Å². The molecule has 0 aromatic carbocycles. The van der Waals surface area contributed by atoms with Crippen molar-refractivity contribution in [1.29, 1.82) is 0 Å². The topological polar surface area (TPSA) is 75.3 Å². The number of nitrogens with two attached hydrogens (primary N) is 1. The van der Waals surface area contributed by atoms with Crippen LogP contribution in [0.5, 0.6) is 0 Å². The molecule has 1 fully saturated rings. The molecule has 24 heavy (non-hydrogen) atoms. The molecule has 0 bridgehead atoms. The lowest BCUT2D eigenvalue weighted by Gasteiger charge is -2.18. The van der Waals surface area contributed by atoms with Crippen molar-refractivity contribution < 1.29 is 5.11 Å². The van der Waals surface area contributed by atoms with Crippen molar-refractivity contribution in [3.8, 4) is 0 Å². The van der Waals surface area contributed by atoms with Crippen LogP contribution in [-0.2, 0) is 19.4 Å². The summed E-state index contributed by atoms with van der Waals surface area (Å²) in [7, 11) is 0. The molecule has 3 heterocycles. The Morgan fingerprint density at radius 3 is 2.96 bits per heavy atom. The summed E-state index contributed by atoms with van der Waals surface area (Å²) in [6, 6.07) is 0. The first-order valence-corrected chi connectivity index (χ1v) is 9.80. The summed E-state index contributed by atoms with van der Waals surface area (Å²) in [5.41, 5.74) is 7.70. The van der Waals surface area contributed by atoms with E-state index in [4.69, 9.17) is 10.7 Å². The van der Waals surface area contributed by atoms with Gasteiger partial charge >= 0.3 is 0 Å². The van der Waals surface area contributed by atoms with Gasteiger partial charge < -0.3 is 10.8 Å². The number of nitrogen functional groups attached to an aromatic ring is 1. The van der Waals surface area contributed by atoms with Crippen LogP contribution in [-0.4, -0.2) is 39.2 Å². The molecule has 0 spiro atoms. The van der Waals surface area contributed by atoms with Crippen LogP contribution in [0.2, 0.25) is 0 Å². The number of rotatable bonds is 3. The van der Waals surface area contributed by atoms with E-state index in [1.807, 2.05) is 6.92 Å². The van der Waals surface area contributed by atoms with Gasteiger partial charge in [0, 0.05) is 11.4 Å². The molecule has 2 aromatic heterocycles. The van der Waals surface area contributed by atoms with Crippen molar-refractivity contribution in [2.75, 3.05) is 18.8 Å². The summed E-state index contributed by atoms with van der Waals surface area (Å²) in [5.74, 6) is 2.58. The van der Waals surface area contributed by atoms with Gasteiger partial charge in [0.25, 0.3) is 0 Å². The maximum atomic E-state index is 9.76. The van der Waals surface area contributed by atoms with Gasteiger partial charge in [-0.05, 0) is 56.6 Å². The third kappa shape index (κ3) is 2.91. The molecule has 0 saturated carbocycles. The Morgan fingerprint density at radius 1 is 1.38 bits per heavy atom. The van der Waals surface area contributed by atoms with E-state index in [0.29, 0.717) is 11.7 Å². The number of aliphatic hydroxyl groups excluding tert-OH is 1. The van der Waals surface area contributed by atoms with Crippen LogP contribution in [0.4, 0.5) is 5.82 Å². The van der Waals surface area contributed by atoms with E-state index in [1.54, 1.807) is 11.3 Å². The second-order valence-electron chi connectivity index (χ2n) is 7.58. The largest absolute Gasteiger partial charge is 0.393 e. The zero-order valence-corrected chi connectivity index (χ0v) is 15.3. The summed E-state index contributed by atoms with van der Waals surface area (Å²) in [6.45, 7) is 6.83. The lowest BCUT2D eigenvalue weighted by atomic mass is 9.89. The van der Waals surface area contributed by atoms with Crippen LogP contribution < -0.4 is 5.73 Å². The number of aromatic nitrogens is 2. The Bertz CT molecular complexity index is 757. The molecule has 0 radical (unpaired) electrons. The van der Waals surface area contributed by atoms with Gasteiger partial charge in [0.15, 0.2) is 0 Å². The monoisotopic (exact) mass is 346 g/mol. The summed E-state index contributed by atoms with van der Waals surface area (Å²) < 4.78 is 0. The number of hydrogen-bond donors (Lipinski definition) is 2. The highest BCUT2D eigenvalue weighted by Gasteiger charge is 2.27. The van der Waals surface area contributed by atoms with Crippen LogP contribution in [0.3, 0.4) is 0 Å². The Morgan fingerprint density at radius 2 is 2.21 bits per heavy atom. The highest BCUT2D eigenvalue weighted by Crippen LogP contribution is 2.39. The number of anilines is 1. The third-order valence-electron chi connectivity index (χ3n) is 5.59. The van der Waals surface area contributed by atoms with Crippen molar-refractivity contribution >= 4 is 27.4 Å². The molecule has 4 rings (SSSR count). The number of nitrogens with zero attached hydrogens (tertiary/aromatic N) is 3. The molecule has 3 unspecified atom stereocenters. The molecule has 5 nitrogen and oxygen atoms in total. The minimum absolute atomic E-state index is 0.241. The maximum Gasteiger partial charge on any atom is 0.146 e. The number of aryl methyl sites for hydroxylation is 1. The highest BCUT2D eigenvalue weighted by molar-refractivity contribution is 7.19. The second kappa shape index (κ2) is 6.24. The molecule has 6 heteroatoms. The maximum absolute atomic E-state index is 9.76. The van der Waals surface area contributed by atoms with E-state index < -0.39 is 0 Å². The highest BCUT2D eigenvalue weighted by atomic mass is 32.1. The zero-order valence-electron chi connectivity index (χ0n) is 14.5. The zero-order chi connectivity index (χ0) is 16.8. The predicted molar refractivity (Wildman–Crippen MR) is 98.1 cm³/mol. The minimum Gasteiger partial charge on any atom is -0.393 e. The van der Waals surface area contributed by atoms with Gasteiger partial charge in [0.1, 0.15) is 16.5 Å². The van der Waals surface area contributed by atoms with Gasteiger partial charge in [0.2, 0.25) is 0 Å². The molecule has 130 valence electrons. The Kier molecular flexibility index (Phi) is 4.22. The summed E-state index contributed by atoms with van der Waals surface area (Å²) in [4.78, 5) is 14.3. The second-order valence-corrected chi connectivity index (χ2v) is 8.67. The average Bonchev–Trinajstić information content (AvgIpc) is 3.10. The number of fused-ring (bicyclic) bond motifs is 3. The first kappa shape index (κ1) is 16.2. The SMILES string of the molecule is CC1CCc2c(sc3nc(CN4CCC(C(C)O)C4)nc(N)c23)C1. The molecule has 3 N–H and O–H groups in total. The third-order valence-corrected chi connectivity index (χ3v) is 6.73. The molecule has 0 amide bonds. The molecular formula is C18H26N4OS. The van der Waals surface area contributed by atoms with Gasteiger partial charge in [-0.2, -0.15) is 0 Å². The first-order valence-electron chi connectivity index (χ1n) is 8.98. The van der Waals surface area contributed by atoms with Crippen LogP contribution in [0.1, 0.15) is 43.0 Å². The van der Waals surface area contributed by atoms with E-state index in [0.717, 1.165) is 60.9 Å². The van der Waals surface area contributed by atoms with Gasteiger partial charge in [-0.15, -0.1) is 11.3 Å². The standard InChI is InChI=1S/C18H26N4OS/c1-10-3-4-13-14(7-10)24-18-16(13)17(19)20-15(21-18)9-22-6-5-12(8-22)11(2)23/h10-12,23H,3-9H2,1-2H3,(H2,19,20,21). The fraction of sp³-hybridized carbons (Fsp3) is 0.667. The van der Waals surface area contributed by atoms with Crippen LogP contribution in [0, 0.1) is 11.8 Å². The molecule has 2 aromatic rings. The first-order chi connectivity index (χ1) is 11.5. The minimum atomic E-state index is -0.241. The van der Waals surface area contributed by atoms with Gasteiger partial charge in [-0.25, -0.2) is 9.97 Å². The molecule has 1 saturated heterocycles. The molecule has 1 aliphatic carbocycles. The quantitative estimate of drug-likeness (QED) is 0.893. The Balaban J connectivity index is 1.59.